The average Bonchev–Trinajstić information content (AvgIpc) is 2.61. The molecule has 5 heteroatoms. The molecule has 0 bridgehead atoms. The number of anilines is 1. The minimum Gasteiger partial charge on any atom is -0.496 e. The second kappa shape index (κ2) is 6.86. The number of nitrogens with zero attached hydrogens (tertiary/aromatic N) is 1. The van der Waals surface area contributed by atoms with Crippen molar-refractivity contribution < 1.29 is 9.84 Å². The van der Waals surface area contributed by atoms with Gasteiger partial charge in [0, 0.05) is 34.4 Å². The fraction of sp³-hybridized carbons (Fsp3) is 0.167. The van der Waals surface area contributed by atoms with E-state index in [0.29, 0.717) is 17.3 Å². The lowest BCUT2D eigenvalue weighted by Gasteiger charge is -2.12. The van der Waals surface area contributed by atoms with Crippen molar-refractivity contribution in [3.63, 3.8) is 0 Å². The van der Waals surface area contributed by atoms with Gasteiger partial charge >= 0.3 is 0 Å². The van der Waals surface area contributed by atoms with E-state index in [1.807, 2.05) is 42.5 Å². The summed E-state index contributed by atoms with van der Waals surface area (Å²) in [5, 5.41) is 14.4. The molecule has 0 aliphatic carbocycles. The number of methoxy groups -OCH3 is 1. The lowest BCUT2D eigenvalue weighted by Crippen LogP contribution is -2.02. The van der Waals surface area contributed by atoms with Gasteiger partial charge in [-0.25, -0.2) is 0 Å². The molecule has 23 heavy (non-hydrogen) atoms. The van der Waals surface area contributed by atoms with E-state index in [-0.39, 0.29) is 6.61 Å². The van der Waals surface area contributed by atoms with E-state index in [9.17, 15) is 5.11 Å². The number of rotatable bonds is 5. The monoisotopic (exact) mass is 328 g/mol. The van der Waals surface area contributed by atoms with Crippen LogP contribution in [0.4, 0.5) is 5.69 Å². The zero-order valence-electron chi connectivity index (χ0n) is 12.7. The van der Waals surface area contributed by atoms with E-state index < -0.39 is 0 Å². The Bertz CT molecular complexity index is 836. The maximum atomic E-state index is 9.40. The van der Waals surface area contributed by atoms with E-state index in [4.69, 9.17) is 16.3 Å². The van der Waals surface area contributed by atoms with Gasteiger partial charge < -0.3 is 15.2 Å². The van der Waals surface area contributed by atoms with Gasteiger partial charge in [-0.3, -0.25) is 4.98 Å². The number of aliphatic hydroxyl groups is 1. The Balaban J connectivity index is 1.85. The first-order valence-corrected chi connectivity index (χ1v) is 7.64. The first-order chi connectivity index (χ1) is 11.2. The van der Waals surface area contributed by atoms with Crippen LogP contribution in [-0.4, -0.2) is 17.2 Å². The van der Waals surface area contributed by atoms with E-state index in [2.05, 4.69) is 10.3 Å². The van der Waals surface area contributed by atoms with E-state index in [1.165, 1.54) is 0 Å². The van der Waals surface area contributed by atoms with Gasteiger partial charge in [0.05, 0.1) is 19.2 Å². The number of pyridine rings is 1. The highest BCUT2D eigenvalue weighted by atomic mass is 35.5. The van der Waals surface area contributed by atoms with Gasteiger partial charge in [-0.05, 0) is 42.0 Å². The Morgan fingerprint density at radius 2 is 2.04 bits per heavy atom. The largest absolute Gasteiger partial charge is 0.496 e. The molecule has 2 N–H and O–H groups in total. The van der Waals surface area contributed by atoms with Gasteiger partial charge in [-0.2, -0.15) is 0 Å². The summed E-state index contributed by atoms with van der Waals surface area (Å²) in [6.45, 7) is 0.548. The first-order valence-electron chi connectivity index (χ1n) is 7.26. The first kappa shape index (κ1) is 15.6. The summed E-state index contributed by atoms with van der Waals surface area (Å²) >= 11 is 6.22. The van der Waals surface area contributed by atoms with Crippen molar-refractivity contribution in [1.29, 1.82) is 0 Å². The molecule has 0 saturated carbocycles. The Labute approximate surface area is 139 Å². The van der Waals surface area contributed by atoms with E-state index >= 15 is 0 Å². The molecular weight excluding hydrogens is 312 g/mol. The van der Waals surface area contributed by atoms with Crippen LogP contribution in [0.3, 0.4) is 0 Å². The zero-order valence-corrected chi connectivity index (χ0v) is 13.5. The summed E-state index contributed by atoms with van der Waals surface area (Å²) in [6.07, 6.45) is 1.76. The quantitative estimate of drug-likeness (QED) is 0.743. The summed E-state index contributed by atoms with van der Waals surface area (Å²) < 4.78 is 5.21. The van der Waals surface area contributed by atoms with Crippen LogP contribution in [-0.2, 0) is 13.2 Å². The molecule has 0 spiro atoms. The summed E-state index contributed by atoms with van der Waals surface area (Å²) in [4.78, 5) is 4.43. The number of aliphatic hydroxyl groups excluding tert-OH is 1. The number of nitrogens with one attached hydrogen (secondary N) is 1. The van der Waals surface area contributed by atoms with Crippen LogP contribution in [0, 0.1) is 0 Å². The molecule has 1 aromatic heterocycles. The SMILES string of the molecule is COc1ccc(NCc2ccc(Cl)c3cccnc23)cc1CO. The lowest BCUT2D eigenvalue weighted by molar-refractivity contribution is 0.274. The van der Waals surface area contributed by atoms with Gasteiger partial charge in [0.1, 0.15) is 5.75 Å². The minimum absolute atomic E-state index is 0.0654. The topological polar surface area (TPSA) is 54.4 Å². The van der Waals surface area contributed by atoms with Crippen molar-refractivity contribution in [2.45, 2.75) is 13.2 Å². The molecule has 4 nitrogen and oxygen atoms in total. The summed E-state index contributed by atoms with van der Waals surface area (Å²) in [6, 6.07) is 13.3. The molecule has 2 aromatic carbocycles. The molecule has 0 unspecified atom stereocenters. The van der Waals surface area contributed by atoms with Crippen molar-refractivity contribution in [3.8, 4) is 5.75 Å². The number of ether oxygens (including phenoxy) is 1. The van der Waals surface area contributed by atoms with Crippen LogP contribution in [0.1, 0.15) is 11.1 Å². The van der Waals surface area contributed by atoms with Crippen LogP contribution in [0.15, 0.2) is 48.7 Å². The van der Waals surface area contributed by atoms with Crippen molar-refractivity contribution in [3.05, 3.63) is 64.8 Å². The third-order valence-corrected chi connectivity index (χ3v) is 4.06. The van der Waals surface area contributed by atoms with Gasteiger partial charge in [0.25, 0.3) is 0 Å². The highest BCUT2D eigenvalue weighted by Gasteiger charge is 2.07. The highest BCUT2D eigenvalue weighted by molar-refractivity contribution is 6.35. The Morgan fingerprint density at radius 3 is 2.83 bits per heavy atom. The summed E-state index contributed by atoms with van der Waals surface area (Å²) in [7, 11) is 1.59. The summed E-state index contributed by atoms with van der Waals surface area (Å²) in [5.74, 6) is 0.677. The number of fused-ring (bicyclic) bond motifs is 1. The van der Waals surface area contributed by atoms with Gasteiger partial charge in [-0.1, -0.05) is 17.7 Å². The van der Waals surface area contributed by atoms with Crippen LogP contribution < -0.4 is 10.1 Å². The minimum atomic E-state index is -0.0654. The van der Waals surface area contributed by atoms with Crippen LogP contribution in [0.2, 0.25) is 5.02 Å². The Morgan fingerprint density at radius 1 is 1.17 bits per heavy atom. The zero-order chi connectivity index (χ0) is 16.2. The number of halogens is 1. The standard InChI is InChI=1S/C18H17ClN2O2/c1-23-17-7-5-14(9-13(17)11-22)21-10-12-4-6-16(19)15-3-2-8-20-18(12)15/h2-9,21-22H,10-11H2,1H3. The molecule has 0 fully saturated rings. The highest BCUT2D eigenvalue weighted by Crippen LogP contribution is 2.26. The van der Waals surface area contributed by atoms with E-state index in [0.717, 1.165) is 27.7 Å². The smallest absolute Gasteiger partial charge is 0.124 e. The maximum absolute atomic E-state index is 9.40. The molecule has 0 radical (unpaired) electrons. The van der Waals surface area contributed by atoms with Crippen molar-refractivity contribution in [1.82, 2.24) is 4.98 Å². The van der Waals surface area contributed by atoms with Crippen LogP contribution in [0.25, 0.3) is 10.9 Å². The molecule has 0 amide bonds. The van der Waals surface area contributed by atoms with Crippen molar-refractivity contribution >= 4 is 28.2 Å². The average molecular weight is 329 g/mol. The predicted molar refractivity (Wildman–Crippen MR) is 93.0 cm³/mol. The molecule has 0 saturated heterocycles. The summed E-state index contributed by atoms with van der Waals surface area (Å²) in [5.41, 5.74) is 3.61. The Kier molecular flexibility index (Phi) is 4.65. The van der Waals surface area contributed by atoms with Gasteiger partial charge in [0.2, 0.25) is 0 Å². The molecule has 0 aliphatic rings. The van der Waals surface area contributed by atoms with Gasteiger partial charge in [0.15, 0.2) is 0 Å². The third-order valence-electron chi connectivity index (χ3n) is 3.73. The molecule has 3 aromatic rings. The number of aromatic nitrogens is 1. The number of hydrogen-bond acceptors (Lipinski definition) is 4. The second-order valence-corrected chi connectivity index (χ2v) is 5.55. The molecule has 1 heterocycles. The second-order valence-electron chi connectivity index (χ2n) is 5.14. The van der Waals surface area contributed by atoms with Gasteiger partial charge in [-0.15, -0.1) is 0 Å². The van der Waals surface area contributed by atoms with Crippen molar-refractivity contribution in [2.75, 3.05) is 12.4 Å². The molecule has 118 valence electrons. The number of hydrogen-bond donors (Lipinski definition) is 2. The Hall–Kier alpha value is -2.30. The lowest BCUT2D eigenvalue weighted by atomic mass is 10.1. The van der Waals surface area contributed by atoms with Crippen LogP contribution in [0.5, 0.6) is 5.75 Å². The predicted octanol–water partition coefficient (Wildman–Crippen LogP) is 4.00. The third kappa shape index (κ3) is 3.23. The fourth-order valence-corrected chi connectivity index (χ4v) is 2.76. The van der Waals surface area contributed by atoms with E-state index in [1.54, 1.807) is 13.3 Å². The fourth-order valence-electron chi connectivity index (χ4n) is 2.55. The molecule has 0 aliphatic heterocycles. The van der Waals surface area contributed by atoms with Crippen molar-refractivity contribution in [2.24, 2.45) is 0 Å². The number of benzene rings is 2. The van der Waals surface area contributed by atoms with Crippen LogP contribution >= 0.6 is 11.6 Å². The molecular formula is C18H17ClN2O2. The molecule has 3 rings (SSSR count). The maximum Gasteiger partial charge on any atom is 0.124 e. The normalized spacial score (nSPS) is 10.7. The molecule has 0 atom stereocenters.